The number of benzene rings is 2. The molecule has 2 aromatic heterocycles. The molecule has 0 amide bonds. The molecule has 1 saturated heterocycles. The Bertz CT molecular complexity index is 1510. The van der Waals surface area contributed by atoms with Crippen LogP contribution >= 0.6 is 23.2 Å². The van der Waals surface area contributed by atoms with Gasteiger partial charge >= 0.3 is 0 Å². The highest BCUT2D eigenvalue weighted by Crippen LogP contribution is 2.47. The second-order valence-electron chi connectivity index (χ2n) is 10.9. The summed E-state index contributed by atoms with van der Waals surface area (Å²) in [5, 5.41) is 5.52. The Hall–Kier alpha value is -2.87. The highest BCUT2D eigenvalue weighted by molar-refractivity contribution is 6.39. The van der Waals surface area contributed by atoms with Crippen LogP contribution in [0.25, 0.3) is 22.3 Å². The molecule has 2 saturated carbocycles. The molecule has 38 heavy (non-hydrogen) atoms. The average molecular weight is 551 g/mol. The lowest BCUT2D eigenvalue weighted by atomic mass is 10.0. The maximum absolute atomic E-state index is 11.2. The van der Waals surface area contributed by atoms with Crippen LogP contribution in [0.4, 0.5) is 5.95 Å². The van der Waals surface area contributed by atoms with Crippen molar-refractivity contribution >= 4 is 46.5 Å². The summed E-state index contributed by atoms with van der Waals surface area (Å²) in [4.78, 5) is 18.5. The van der Waals surface area contributed by atoms with E-state index in [1.807, 2.05) is 43.4 Å². The molecule has 2 aromatic carbocycles. The van der Waals surface area contributed by atoms with Gasteiger partial charge in [-0.2, -0.15) is 0 Å². The molecule has 1 aliphatic heterocycles. The van der Waals surface area contributed by atoms with E-state index < -0.39 is 0 Å². The molecule has 196 valence electrons. The number of imidazole rings is 1. The number of ether oxygens (including phenoxy) is 1. The molecule has 4 aromatic rings. The number of aromatic nitrogens is 3. The lowest BCUT2D eigenvalue weighted by Gasteiger charge is -2.20. The maximum atomic E-state index is 11.2. The number of fused-ring (bicyclic) bond motifs is 2. The quantitative estimate of drug-likeness (QED) is 0.239. The second-order valence-corrected chi connectivity index (χ2v) is 11.7. The number of carbonyl (C=O) groups is 1. The molecule has 7 nitrogen and oxygen atoms in total. The van der Waals surface area contributed by atoms with Crippen molar-refractivity contribution in [1.29, 1.82) is 0 Å². The van der Waals surface area contributed by atoms with E-state index in [1.54, 1.807) is 0 Å². The monoisotopic (exact) mass is 550 g/mol. The third-order valence-corrected chi connectivity index (χ3v) is 9.07. The van der Waals surface area contributed by atoms with Gasteiger partial charge in [0.1, 0.15) is 17.7 Å². The molecule has 2 aliphatic carbocycles. The summed E-state index contributed by atoms with van der Waals surface area (Å²) in [6.45, 7) is 2.37. The zero-order chi connectivity index (χ0) is 26.0. The van der Waals surface area contributed by atoms with Crippen molar-refractivity contribution in [2.24, 2.45) is 18.9 Å². The summed E-state index contributed by atoms with van der Waals surface area (Å²) in [5.41, 5.74) is 4.97. The molecule has 0 radical (unpaired) electrons. The predicted octanol–water partition coefficient (Wildman–Crippen LogP) is 6.66. The standard InChI is InChI=1S/C29H28Cl2N4O3/c1-34-25-9-16(14-36)5-8-24(25)32-29(34)35-12-18-10-20(11-19(18)13-35)37-15-21-27(33-38-28(21)17-6-7-17)26-22(30)3-2-4-23(26)31/h2-5,8-9,14,17-20H,6-7,10-13,15H2,1H3/t18-,19+,20?. The number of aryl methyl sites for hydroxylation is 1. The van der Waals surface area contributed by atoms with Crippen LogP contribution in [0.1, 0.15) is 53.3 Å². The summed E-state index contributed by atoms with van der Waals surface area (Å²) < 4.78 is 14.4. The molecule has 3 heterocycles. The molecule has 0 N–H and O–H groups in total. The Morgan fingerprint density at radius 1 is 1.11 bits per heavy atom. The minimum Gasteiger partial charge on any atom is -0.373 e. The van der Waals surface area contributed by atoms with Gasteiger partial charge in [0, 0.05) is 42.7 Å². The predicted molar refractivity (Wildman–Crippen MR) is 147 cm³/mol. The van der Waals surface area contributed by atoms with Crippen LogP contribution in [0, 0.1) is 11.8 Å². The van der Waals surface area contributed by atoms with Crippen molar-refractivity contribution in [2.45, 2.75) is 44.3 Å². The highest BCUT2D eigenvalue weighted by Gasteiger charge is 2.43. The largest absolute Gasteiger partial charge is 0.373 e. The number of hydrogen-bond acceptors (Lipinski definition) is 6. The Morgan fingerprint density at radius 2 is 1.84 bits per heavy atom. The van der Waals surface area contributed by atoms with Crippen LogP contribution in [-0.2, 0) is 18.4 Å². The van der Waals surface area contributed by atoms with E-state index >= 15 is 0 Å². The van der Waals surface area contributed by atoms with E-state index in [1.165, 1.54) is 0 Å². The van der Waals surface area contributed by atoms with Crippen molar-refractivity contribution in [3.63, 3.8) is 0 Å². The van der Waals surface area contributed by atoms with Gasteiger partial charge < -0.3 is 18.7 Å². The van der Waals surface area contributed by atoms with Crippen LogP contribution in [0.15, 0.2) is 40.9 Å². The van der Waals surface area contributed by atoms with Crippen molar-refractivity contribution in [3.05, 3.63) is 63.3 Å². The van der Waals surface area contributed by atoms with Crippen molar-refractivity contribution in [1.82, 2.24) is 14.7 Å². The van der Waals surface area contributed by atoms with Crippen LogP contribution in [0.5, 0.6) is 0 Å². The minimum atomic E-state index is 0.194. The van der Waals surface area contributed by atoms with E-state index in [0.717, 1.165) is 73.4 Å². The van der Waals surface area contributed by atoms with Gasteiger partial charge in [0.25, 0.3) is 0 Å². The Labute approximate surface area is 230 Å². The maximum Gasteiger partial charge on any atom is 0.206 e. The lowest BCUT2D eigenvalue weighted by molar-refractivity contribution is 0.0402. The number of hydrogen-bond donors (Lipinski definition) is 0. The third-order valence-electron chi connectivity index (χ3n) is 8.44. The van der Waals surface area contributed by atoms with Gasteiger partial charge in [-0.15, -0.1) is 0 Å². The fraction of sp³-hybridized carbons (Fsp3) is 0.414. The van der Waals surface area contributed by atoms with Gasteiger partial charge in [-0.3, -0.25) is 4.79 Å². The molecule has 3 aliphatic rings. The van der Waals surface area contributed by atoms with Crippen molar-refractivity contribution < 1.29 is 14.1 Å². The van der Waals surface area contributed by atoms with E-state index in [9.17, 15) is 4.79 Å². The molecule has 0 spiro atoms. The fourth-order valence-corrected chi connectivity index (χ4v) is 6.92. The van der Waals surface area contributed by atoms with Gasteiger partial charge in [0.05, 0.1) is 33.8 Å². The highest BCUT2D eigenvalue weighted by atomic mass is 35.5. The molecule has 3 fully saturated rings. The van der Waals surface area contributed by atoms with E-state index in [-0.39, 0.29) is 6.10 Å². The summed E-state index contributed by atoms with van der Waals surface area (Å²) in [7, 11) is 2.03. The lowest BCUT2D eigenvalue weighted by Crippen LogP contribution is -2.25. The van der Waals surface area contributed by atoms with Crippen molar-refractivity contribution in [2.75, 3.05) is 18.0 Å². The first-order chi connectivity index (χ1) is 18.5. The molecule has 9 heteroatoms. The first-order valence-corrected chi connectivity index (χ1v) is 14.0. The first-order valence-electron chi connectivity index (χ1n) is 13.2. The Kier molecular flexibility index (Phi) is 5.98. The summed E-state index contributed by atoms with van der Waals surface area (Å²) in [6.07, 6.45) is 5.34. The third kappa shape index (κ3) is 4.12. The van der Waals surface area contributed by atoms with Gasteiger partial charge in [-0.05, 0) is 67.9 Å². The Morgan fingerprint density at radius 3 is 2.53 bits per heavy atom. The SMILES string of the molecule is Cn1c(N2C[C@H]3CC(OCc4c(-c5c(Cl)cccc5Cl)noc4C4CC4)C[C@H]3C2)nc2ccc(C=O)cc21. The average Bonchev–Trinajstić information content (AvgIpc) is 3.21. The first kappa shape index (κ1) is 24.2. The van der Waals surface area contributed by atoms with Crippen LogP contribution in [-0.4, -0.2) is 40.2 Å². The number of rotatable bonds is 7. The van der Waals surface area contributed by atoms with Gasteiger partial charge in [0.15, 0.2) is 0 Å². The van der Waals surface area contributed by atoms with Crippen molar-refractivity contribution in [3.8, 4) is 11.3 Å². The van der Waals surface area contributed by atoms with E-state index in [4.69, 9.17) is 37.4 Å². The van der Waals surface area contributed by atoms with E-state index in [2.05, 4.69) is 14.6 Å². The summed E-state index contributed by atoms with van der Waals surface area (Å²) in [6, 6.07) is 11.1. The molecule has 7 rings (SSSR count). The van der Waals surface area contributed by atoms with Crippen LogP contribution in [0.2, 0.25) is 10.0 Å². The molecule has 0 bridgehead atoms. The van der Waals surface area contributed by atoms with E-state index in [0.29, 0.717) is 51.2 Å². The zero-order valence-electron chi connectivity index (χ0n) is 21.1. The molecule has 1 unspecified atom stereocenters. The summed E-state index contributed by atoms with van der Waals surface area (Å²) in [5.74, 6) is 3.42. The minimum absolute atomic E-state index is 0.194. The molecular formula is C29H28Cl2N4O3. The number of anilines is 1. The second kappa shape index (κ2) is 9.40. The molecular weight excluding hydrogens is 523 g/mol. The normalized spacial score (nSPS) is 22.9. The number of aldehydes is 1. The number of halogens is 2. The zero-order valence-corrected chi connectivity index (χ0v) is 22.6. The van der Waals surface area contributed by atoms with Gasteiger partial charge in [0.2, 0.25) is 5.95 Å². The summed E-state index contributed by atoms with van der Waals surface area (Å²) >= 11 is 13.0. The Balaban J connectivity index is 1.05. The number of carbonyl (C=O) groups excluding carboxylic acids is 1. The smallest absolute Gasteiger partial charge is 0.206 e. The molecule has 3 atom stereocenters. The number of nitrogens with zero attached hydrogens (tertiary/aromatic N) is 4. The fourth-order valence-electron chi connectivity index (χ4n) is 6.34. The van der Waals surface area contributed by atoms with Gasteiger partial charge in [-0.25, -0.2) is 4.98 Å². The van der Waals surface area contributed by atoms with Crippen LogP contribution < -0.4 is 4.90 Å². The topological polar surface area (TPSA) is 73.4 Å². The van der Waals surface area contributed by atoms with Crippen LogP contribution in [0.3, 0.4) is 0 Å². The van der Waals surface area contributed by atoms with Gasteiger partial charge in [-0.1, -0.05) is 34.4 Å².